The van der Waals surface area contributed by atoms with Crippen LogP contribution in [-0.4, -0.2) is 39.9 Å². The van der Waals surface area contributed by atoms with Gasteiger partial charge in [-0.25, -0.2) is 0 Å². The van der Waals surface area contributed by atoms with Crippen LogP contribution in [0.5, 0.6) is 0 Å². The number of carbonyl (C=O) groups is 1. The highest BCUT2D eigenvalue weighted by Gasteiger charge is 2.35. The zero-order chi connectivity index (χ0) is 19.4. The second kappa shape index (κ2) is 6.45. The number of H-pyrrole nitrogens is 1. The molecule has 28 heavy (non-hydrogen) atoms. The van der Waals surface area contributed by atoms with E-state index in [1.165, 1.54) is 5.56 Å². The molecule has 0 amide bonds. The van der Waals surface area contributed by atoms with Gasteiger partial charge in [0.05, 0.1) is 6.54 Å². The van der Waals surface area contributed by atoms with E-state index in [-0.39, 0.29) is 11.3 Å². The van der Waals surface area contributed by atoms with Crippen LogP contribution in [0.4, 0.5) is 0 Å². The summed E-state index contributed by atoms with van der Waals surface area (Å²) in [5, 5.41) is 1.02. The number of aromatic amines is 1. The molecule has 2 atom stereocenters. The van der Waals surface area contributed by atoms with Crippen LogP contribution in [0.1, 0.15) is 39.6 Å². The Kier molecular flexibility index (Phi) is 4.02. The Hall–Kier alpha value is -2.66. The molecular weight excluding hydrogens is 350 g/mol. The number of pyridine rings is 1. The molecule has 2 aromatic heterocycles. The van der Waals surface area contributed by atoms with E-state index in [0.717, 1.165) is 53.9 Å². The number of nitrogens with zero attached hydrogens (tertiary/aromatic N) is 2. The van der Waals surface area contributed by atoms with Crippen molar-refractivity contribution in [1.82, 2.24) is 14.5 Å². The Balaban J connectivity index is 1.40. The quantitative estimate of drug-likeness (QED) is 0.715. The standard InChI is InChI=1S/C23H25N3O2/c1-14-6-7-18-19(8-14)24-15(2)23(18)21(27)13-25-10-16-9-17(12-25)20-4-3-5-22(28)26(20)11-16/h3-8,16-17,24H,9-13H2,1-2H3/t16-,17-/m1/s1. The topological polar surface area (TPSA) is 58.1 Å². The summed E-state index contributed by atoms with van der Waals surface area (Å²) in [4.78, 5) is 31.0. The number of benzene rings is 1. The number of aromatic nitrogens is 2. The van der Waals surface area contributed by atoms with Gasteiger partial charge in [0.15, 0.2) is 5.78 Å². The van der Waals surface area contributed by atoms with Gasteiger partial charge < -0.3 is 9.55 Å². The number of nitrogens with one attached hydrogen (secondary N) is 1. The van der Waals surface area contributed by atoms with Crippen molar-refractivity contribution >= 4 is 16.7 Å². The van der Waals surface area contributed by atoms with E-state index in [1.807, 2.05) is 17.6 Å². The Bertz CT molecular complexity index is 1140. The van der Waals surface area contributed by atoms with Gasteiger partial charge in [-0.1, -0.05) is 18.2 Å². The van der Waals surface area contributed by atoms with Crippen molar-refractivity contribution in [2.45, 2.75) is 32.7 Å². The molecule has 0 saturated carbocycles. The third-order valence-electron chi connectivity index (χ3n) is 6.34. The number of piperidine rings is 1. The SMILES string of the molecule is Cc1ccc2c(C(=O)CN3C[C@H]4C[C@H](C3)c3cccc(=O)n3C4)c(C)[nH]c2c1. The van der Waals surface area contributed by atoms with Gasteiger partial charge in [0.1, 0.15) is 0 Å². The van der Waals surface area contributed by atoms with Gasteiger partial charge in [-0.05, 0) is 43.9 Å². The van der Waals surface area contributed by atoms with E-state index in [4.69, 9.17) is 0 Å². The molecule has 2 aliphatic heterocycles. The summed E-state index contributed by atoms with van der Waals surface area (Å²) in [6.07, 6.45) is 1.11. The van der Waals surface area contributed by atoms with Crippen LogP contribution < -0.4 is 5.56 Å². The first kappa shape index (κ1) is 17.4. The molecule has 5 nitrogen and oxygen atoms in total. The number of Topliss-reactive ketones (excluding diaryl/α,β-unsaturated/α-hetero) is 1. The molecule has 5 heteroatoms. The number of hydrogen-bond acceptors (Lipinski definition) is 3. The van der Waals surface area contributed by atoms with E-state index >= 15 is 0 Å². The molecule has 1 N–H and O–H groups in total. The van der Waals surface area contributed by atoms with Crippen LogP contribution >= 0.6 is 0 Å². The maximum absolute atomic E-state index is 13.2. The maximum atomic E-state index is 13.2. The van der Waals surface area contributed by atoms with Crippen molar-refractivity contribution in [3.8, 4) is 0 Å². The van der Waals surface area contributed by atoms with Crippen LogP contribution in [0.3, 0.4) is 0 Å². The zero-order valence-corrected chi connectivity index (χ0v) is 16.4. The minimum atomic E-state index is 0.0986. The molecule has 1 fully saturated rings. The first-order valence-corrected chi connectivity index (χ1v) is 10.0. The van der Waals surface area contributed by atoms with Gasteiger partial charge in [-0.15, -0.1) is 0 Å². The lowest BCUT2D eigenvalue weighted by molar-refractivity contribution is 0.0818. The van der Waals surface area contributed by atoms with E-state index in [2.05, 4.69) is 41.1 Å². The number of hydrogen-bond donors (Lipinski definition) is 1. The lowest BCUT2D eigenvalue weighted by atomic mass is 9.83. The number of fused-ring (bicyclic) bond motifs is 5. The summed E-state index contributed by atoms with van der Waals surface area (Å²) < 4.78 is 1.93. The van der Waals surface area contributed by atoms with Gasteiger partial charge >= 0.3 is 0 Å². The minimum Gasteiger partial charge on any atom is -0.358 e. The fraction of sp³-hybridized carbons (Fsp3) is 0.391. The third-order valence-corrected chi connectivity index (χ3v) is 6.34. The molecule has 4 heterocycles. The number of aryl methyl sites for hydroxylation is 2. The minimum absolute atomic E-state index is 0.0986. The molecule has 0 aliphatic carbocycles. The average Bonchev–Trinajstić information content (AvgIpc) is 2.97. The van der Waals surface area contributed by atoms with E-state index in [9.17, 15) is 9.59 Å². The number of likely N-dealkylation sites (tertiary alicyclic amines) is 1. The van der Waals surface area contributed by atoms with Crippen molar-refractivity contribution in [3.05, 3.63) is 69.3 Å². The monoisotopic (exact) mass is 375 g/mol. The zero-order valence-electron chi connectivity index (χ0n) is 16.4. The second-order valence-corrected chi connectivity index (χ2v) is 8.49. The highest BCUT2D eigenvalue weighted by molar-refractivity contribution is 6.10. The van der Waals surface area contributed by atoms with E-state index < -0.39 is 0 Å². The molecule has 1 saturated heterocycles. The normalized spacial score (nSPS) is 21.6. The fourth-order valence-electron chi connectivity index (χ4n) is 5.21. The van der Waals surface area contributed by atoms with Crippen LogP contribution in [0.25, 0.3) is 10.9 Å². The van der Waals surface area contributed by atoms with Crippen molar-refractivity contribution in [2.24, 2.45) is 5.92 Å². The van der Waals surface area contributed by atoms with Crippen molar-refractivity contribution in [1.29, 1.82) is 0 Å². The molecule has 2 aliphatic rings. The summed E-state index contributed by atoms with van der Waals surface area (Å²) in [5.41, 5.74) is 5.21. The highest BCUT2D eigenvalue weighted by atomic mass is 16.1. The van der Waals surface area contributed by atoms with Gasteiger partial charge in [-0.2, -0.15) is 0 Å². The third kappa shape index (κ3) is 2.81. The summed E-state index contributed by atoms with van der Waals surface area (Å²) >= 11 is 0. The van der Waals surface area contributed by atoms with Gasteiger partial charge in [0, 0.05) is 59.5 Å². The molecule has 5 rings (SSSR count). The van der Waals surface area contributed by atoms with Crippen molar-refractivity contribution in [2.75, 3.05) is 19.6 Å². The molecule has 0 radical (unpaired) electrons. The number of ketones is 1. The largest absolute Gasteiger partial charge is 0.358 e. The fourth-order valence-corrected chi connectivity index (χ4v) is 5.21. The molecule has 144 valence electrons. The van der Waals surface area contributed by atoms with E-state index in [0.29, 0.717) is 18.4 Å². The molecule has 0 spiro atoms. The number of carbonyl (C=O) groups excluding carboxylic acids is 1. The van der Waals surface area contributed by atoms with Crippen LogP contribution in [0.15, 0.2) is 41.2 Å². The molecular formula is C23H25N3O2. The van der Waals surface area contributed by atoms with Gasteiger partial charge in [0.25, 0.3) is 5.56 Å². The molecule has 2 bridgehead atoms. The molecule has 1 aromatic carbocycles. The summed E-state index contributed by atoms with van der Waals surface area (Å²) in [6.45, 7) is 6.96. The van der Waals surface area contributed by atoms with Crippen molar-refractivity contribution in [3.63, 3.8) is 0 Å². The summed E-state index contributed by atoms with van der Waals surface area (Å²) in [5.74, 6) is 0.949. The molecule has 3 aromatic rings. The van der Waals surface area contributed by atoms with Crippen molar-refractivity contribution < 1.29 is 4.79 Å². The lowest BCUT2D eigenvalue weighted by Gasteiger charge is -2.42. The molecule has 0 unspecified atom stereocenters. The Morgan fingerprint density at radius 1 is 1.14 bits per heavy atom. The maximum Gasteiger partial charge on any atom is 0.250 e. The highest BCUT2D eigenvalue weighted by Crippen LogP contribution is 2.35. The Morgan fingerprint density at radius 2 is 2.00 bits per heavy atom. The van der Waals surface area contributed by atoms with E-state index in [1.54, 1.807) is 6.07 Å². The van der Waals surface area contributed by atoms with Crippen LogP contribution in [0, 0.1) is 19.8 Å². The van der Waals surface area contributed by atoms with Gasteiger partial charge in [-0.3, -0.25) is 14.5 Å². The van der Waals surface area contributed by atoms with Crippen LogP contribution in [-0.2, 0) is 6.54 Å². The lowest BCUT2D eigenvalue weighted by Crippen LogP contribution is -2.48. The Morgan fingerprint density at radius 3 is 2.86 bits per heavy atom. The first-order chi connectivity index (χ1) is 13.5. The van der Waals surface area contributed by atoms with Crippen LogP contribution in [0.2, 0.25) is 0 Å². The second-order valence-electron chi connectivity index (χ2n) is 8.49. The Labute approximate surface area is 164 Å². The summed E-state index contributed by atoms with van der Waals surface area (Å²) in [6, 6.07) is 11.8. The van der Waals surface area contributed by atoms with Gasteiger partial charge in [0.2, 0.25) is 0 Å². The first-order valence-electron chi connectivity index (χ1n) is 10.0. The predicted molar refractivity (Wildman–Crippen MR) is 110 cm³/mol. The number of rotatable bonds is 3. The smallest absolute Gasteiger partial charge is 0.250 e. The average molecular weight is 375 g/mol. The summed E-state index contributed by atoms with van der Waals surface area (Å²) in [7, 11) is 0. The predicted octanol–water partition coefficient (Wildman–Crippen LogP) is 3.25.